The normalized spacial score (nSPS) is 26.6. The van der Waals surface area contributed by atoms with Gasteiger partial charge in [0, 0.05) is 40.9 Å². The lowest BCUT2D eigenvalue weighted by Crippen LogP contribution is -2.49. The Morgan fingerprint density at radius 2 is 1.89 bits per heavy atom. The van der Waals surface area contributed by atoms with Gasteiger partial charge in [0.25, 0.3) is 0 Å². The second-order valence-corrected chi connectivity index (χ2v) is 16.2. The first kappa shape index (κ1) is 35.0. The number of carbonyl (C=O) groups is 5. The number of phenolic OH excluding ortho intramolecular Hbond substituents is 1. The average Bonchev–Trinajstić information content (AvgIpc) is 3.79. The molecule has 0 spiro atoms. The molecule has 4 heterocycles. The fraction of sp³-hybridized carbons (Fsp3) is 0.350. The topological polar surface area (TPSA) is 150 Å². The molecule has 0 unspecified atom stereocenters. The zero-order valence-electron chi connectivity index (χ0n) is 29.3. The maximum atomic E-state index is 15.1. The monoisotopic (exact) mass is 752 g/mol. The number of anilines is 1. The Hall–Kier alpha value is -5.07. The second kappa shape index (κ2) is 12.5. The van der Waals surface area contributed by atoms with Crippen LogP contribution in [0.5, 0.6) is 5.75 Å². The first-order chi connectivity index (χ1) is 25.3. The predicted molar refractivity (Wildman–Crippen MR) is 199 cm³/mol. The van der Waals surface area contributed by atoms with Gasteiger partial charge in [-0.3, -0.25) is 33.6 Å². The molecule has 8 rings (SSSR count). The highest BCUT2D eigenvalue weighted by molar-refractivity contribution is 7.22. The van der Waals surface area contributed by atoms with Crippen LogP contribution in [0.15, 0.2) is 66.8 Å². The maximum Gasteiger partial charge on any atom is 0.305 e. The minimum Gasteiger partial charge on any atom is -0.507 e. The van der Waals surface area contributed by atoms with Gasteiger partial charge in [0.15, 0.2) is 0 Å². The predicted octanol–water partition coefficient (Wildman–Crippen LogP) is 6.40. The van der Waals surface area contributed by atoms with Gasteiger partial charge in [-0.05, 0) is 73.7 Å². The lowest BCUT2D eigenvalue weighted by Gasteiger charge is -2.49. The van der Waals surface area contributed by atoms with E-state index in [1.165, 1.54) is 9.58 Å². The first-order valence-corrected chi connectivity index (χ1v) is 18.8. The fourth-order valence-electron chi connectivity index (χ4n) is 9.45. The van der Waals surface area contributed by atoms with Gasteiger partial charge < -0.3 is 10.2 Å². The second-order valence-electron chi connectivity index (χ2n) is 14.7. The third kappa shape index (κ3) is 5.05. The number of halogens is 1. The molecule has 6 atom stereocenters. The van der Waals surface area contributed by atoms with E-state index >= 15 is 4.79 Å². The number of aryl methyl sites for hydroxylation is 2. The fourth-order valence-corrected chi connectivity index (χ4v) is 10.8. The summed E-state index contributed by atoms with van der Waals surface area (Å²) in [5, 5.41) is 27.5. The Kier molecular flexibility index (Phi) is 8.26. The highest BCUT2D eigenvalue weighted by Crippen LogP contribution is 2.64. The zero-order chi connectivity index (χ0) is 37.7. The Morgan fingerprint density at radius 3 is 2.62 bits per heavy atom. The molecule has 2 N–H and O–H groups in total. The molecule has 2 aliphatic heterocycles. The molecule has 2 saturated heterocycles. The molecule has 272 valence electrons. The van der Waals surface area contributed by atoms with Gasteiger partial charge in [0.1, 0.15) is 17.3 Å². The van der Waals surface area contributed by atoms with E-state index in [1.807, 2.05) is 31.2 Å². The third-order valence-corrected chi connectivity index (χ3v) is 13.5. The number of carbonyl (C=O) groups excluding carboxylic acids is 4. The molecule has 11 nitrogen and oxygen atoms in total. The maximum absolute atomic E-state index is 15.1. The molecule has 53 heavy (non-hydrogen) atoms. The minimum atomic E-state index is -1.38. The summed E-state index contributed by atoms with van der Waals surface area (Å²) < 4.78 is 2.56. The van der Waals surface area contributed by atoms with Crippen LogP contribution in [-0.2, 0) is 37.4 Å². The number of imide groups is 2. The Labute approximate surface area is 314 Å². The van der Waals surface area contributed by atoms with Crippen molar-refractivity contribution in [1.29, 1.82) is 0 Å². The minimum absolute atomic E-state index is 0.0141. The molecule has 4 amide bonds. The van der Waals surface area contributed by atoms with Crippen molar-refractivity contribution < 1.29 is 34.2 Å². The standard InChI is InChI=1S/C40H37ClN4O7S/c1-5-7-20-8-6-9-24(34(20)48)33-22-11-12-23-32(38(51)44(36(23)49)15-14-31(46)47)26(22)17-27-37(50)45(39(52)40(27,33)3)30-18-28(42-43(30)4)35-19(2)25-16-21(41)10-13-29(25)53-35/h5-6,8-11,13,16,18,23,26-27,32-33,48H,1,7,12,14-15,17H2,2-4H3,(H,46,47)/t23-,26+,27-,32-,33+,40+/m0/s1. The molecule has 2 aliphatic carbocycles. The average molecular weight is 753 g/mol. The highest BCUT2D eigenvalue weighted by Gasteiger charge is 2.68. The summed E-state index contributed by atoms with van der Waals surface area (Å²) in [6, 6.07) is 12.8. The lowest BCUT2D eigenvalue weighted by molar-refractivity contribution is -0.142. The van der Waals surface area contributed by atoms with Crippen LogP contribution in [0.3, 0.4) is 0 Å². The number of aliphatic carboxylic acids is 1. The van der Waals surface area contributed by atoms with Gasteiger partial charge in [0.05, 0.1) is 34.5 Å². The molecule has 2 aromatic heterocycles. The van der Waals surface area contributed by atoms with E-state index in [9.17, 15) is 29.4 Å². The summed E-state index contributed by atoms with van der Waals surface area (Å²) in [6.45, 7) is 7.34. The number of aromatic nitrogens is 2. The summed E-state index contributed by atoms with van der Waals surface area (Å²) in [7, 11) is 1.69. The lowest BCUT2D eigenvalue weighted by atomic mass is 9.51. The van der Waals surface area contributed by atoms with Crippen LogP contribution in [0.25, 0.3) is 20.7 Å². The molecule has 13 heteroatoms. The number of rotatable bonds is 8. The van der Waals surface area contributed by atoms with Crippen molar-refractivity contribution >= 4 is 68.4 Å². The van der Waals surface area contributed by atoms with Crippen molar-refractivity contribution in [3.63, 3.8) is 0 Å². The molecule has 1 saturated carbocycles. The summed E-state index contributed by atoms with van der Waals surface area (Å²) in [6.07, 6.45) is 3.91. The van der Waals surface area contributed by atoms with Crippen LogP contribution in [0.4, 0.5) is 5.82 Å². The number of benzene rings is 2. The summed E-state index contributed by atoms with van der Waals surface area (Å²) >= 11 is 7.84. The van der Waals surface area contributed by atoms with Crippen molar-refractivity contribution in [2.45, 2.75) is 45.4 Å². The van der Waals surface area contributed by atoms with E-state index in [0.717, 1.165) is 31.0 Å². The smallest absolute Gasteiger partial charge is 0.305 e. The van der Waals surface area contributed by atoms with Gasteiger partial charge in [-0.15, -0.1) is 17.9 Å². The summed E-state index contributed by atoms with van der Waals surface area (Å²) in [5.41, 5.74) is 1.99. The number of para-hydroxylation sites is 1. The van der Waals surface area contributed by atoms with Crippen LogP contribution < -0.4 is 4.90 Å². The van der Waals surface area contributed by atoms with Gasteiger partial charge in [-0.25, -0.2) is 4.90 Å². The summed E-state index contributed by atoms with van der Waals surface area (Å²) in [4.78, 5) is 72.0. The van der Waals surface area contributed by atoms with E-state index in [0.29, 0.717) is 34.1 Å². The number of phenols is 1. The number of carboxylic acid groups (broad SMARTS) is 1. The van der Waals surface area contributed by atoms with Gasteiger partial charge in [-0.2, -0.15) is 5.10 Å². The number of allylic oxidation sites excluding steroid dienone is 3. The van der Waals surface area contributed by atoms with Crippen LogP contribution in [0, 0.1) is 36.0 Å². The van der Waals surface area contributed by atoms with Crippen molar-refractivity contribution in [3.05, 3.63) is 88.5 Å². The van der Waals surface area contributed by atoms with Gasteiger partial charge >= 0.3 is 5.97 Å². The van der Waals surface area contributed by atoms with Crippen LogP contribution in [0.1, 0.15) is 48.8 Å². The Balaban J connectivity index is 1.25. The highest BCUT2D eigenvalue weighted by atomic mass is 35.5. The van der Waals surface area contributed by atoms with Crippen LogP contribution >= 0.6 is 22.9 Å². The van der Waals surface area contributed by atoms with E-state index < -0.39 is 64.6 Å². The molecular formula is C40H37ClN4O7S. The molecular weight excluding hydrogens is 716 g/mol. The van der Waals surface area contributed by atoms with Crippen molar-refractivity contribution in [2.24, 2.45) is 36.1 Å². The summed E-state index contributed by atoms with van der Waals surface area (Å²) in [5.74, 6) is -6.47. The van der Waals surface area contributed by atoms with Gasteiger partial charge in [0.2, 0.25) is 23.6 Å². The third-order valence-electron chi connectivity index (χ3n) is 12.0. The number of hydrogen-bond donors (Lipinski definition) is 2. The number of likely N-dealkylation sites (tertiary alicyclic amines) is 1. The first-order valence-electron chi connectivity index (χ1n) is 17.6. The quantitative estimate of drug-likeness (QED) is 0.155. The van der Waals surface area contributed by atoms with E-state index in [1.54, 1.807) is 55.6 Å². The largest absolute Gasteiger partial charge is 0.507 e. The number of amides is 4. The van der Waals surface area contributed by atoms with E-state index in [4.69, 9.17) is 16.7 Å². The van der Waals surface area contributed by atoms with Crippen molar-refractivity contribution in [1.82, 2.24) is 14.7 Å². The Morgan fingerprint density at radius 1 is 1.11 bits per heavy atom. The zero-order valence-corrected chi connectivity index (χ0v) is 30.9. The number of hydrogen-bond acceptors (Lipinski definition) is 8. The number of carboxylic acids is 1. The molecule has 4 aromatic rings. The van der Waals surface area contributed by atoms with E-state index in [2.05, 4.69) is 6.58 Å². The number of thiophene rings is 1. The molecule has 0 radical (unpaired) electrons. The van der Waals surface area contributed by atoms with Crippen molar-refractivity contribution in [2.75, 3.05) is 11.4 Å². The van der Waals surface area contributed by atoms with Crippen LogP contribution in [-0.4, -0.2) is 61.0 Å². The molecule has 4 aliphatic rings. The van der Waals surface area contributed by atoms with E-state index in [-0.39, 0.29) is 31.6 Å². The SMILES string of the molecule is C=CCc1cccc([C@H]2C3=CC[C@@H]4C(=O)N(CCC(=O)O)C(=O)[C@@H]4[C@@H]3C[C@H]3C(=O)N(c4cc(-c5sc6ccc(Cl)cc6c5C)nn4C)C(=O)[C@@]23C)c1O. The number of nitrogens with zero attached hydrogens (tertiary/aromatic N) is 4. The number of fused-ring (bicyclic) bond motifs is 5. The van der Waals surface area contributed by atoms with Gasteiger partial charge in [-0.1, -0.05) is 47.5 Å². The molecule has 3 fully saturated rings. The number of aromatic hydroxyl groups is 1. The van der Waals surface area contributed by atoms with Crippen molar-refractivity contribution in [3.8, 4) is 16.3 Å². The molecule has 0 bridgehead atoms. The molecule has 2 aromatic carbocycles. The Bertz CT molecular complexity index is 2340. The van der Waals surface area contributed by atoms with Crippen LogP contribution in [0.2, 0.25) is 5.02 Å².